The summed E-state index contributed by atoms with van der Waals surface area (Å²) in [5.74, 6) is 0. The Labute approximate surface area is 103 Å². The van der Waals surface area contributed by atoms with Gasteiger partial charge < -0.3 is 0 Å². The molecule has 0 spiro atoms. The molecule has 1 aromatic rings. The van der Waals surface area contributed by atoms with Crippen molar-refractivity contribution >= 4 is 10.0 Å². The molecule has 100 valence electrons. The summed E-state index contributed by atoms with van der Waals surface area (Å²) in [6.07, 6.45) is 0.855. The second-order valence-electron chi connectivity index (χ2n) is 4.13. The monoisotopic (exact) mass is 279 g/mol. The minimum Gasteiger partial charge on any atom is -0.203 e. The first-order valence-corrected chi connectivity index (χ1v) is 6.91. The topological polar surface area (TPSA) is 37.4 Å². The van der Waals surface area contributed by atoms with E-state index >= 15 is 0 Å². The predicted molar refractivity (Wildman–Crippen MR) is 60.1 cm³/mol. The van der Waals surface area contributed by atoms with Crippen LogP contribution < -0.4 is 0 Å². The molecule has 2 rings (SSSR count). The first-order valence-electron chi connectivity index (χ1n) is 5.47. The van der Waals surface area contributed by atoms with E-state index in [-0.39, 0.29) is 6.54 Å². The number of sulfonamides is 1. The van der Waals surface area contributed by atoms with Crippen molar-refractivity contribution in [2.75, 3.05) is 6.54 Å². The van der Waals surface area contributed by atoms with Gasteiger partial charge in [-0.05, 0) is 18.4 Å². The second-order valence-corrected chi connectivity index (χ2v) is 6.01. The SMILES string of the molecule is O=S(=O)(N1CCC[C@H]1c1ccccc1)C(F)(F)F. The fourth-order valence-electron chi connectivity index (χ4n) is 2.17. The molecule has 1 aliphatic heterocycles. The summed E-state index contributed by atoms with van der Waals surface area (Å²) in [6.45, 7) is -0.0819. The normalized spacial score (nSPS) is 22.3. The molecule has 0 saturated carbocycles. The molecule has 0 bridgehead atoms. The fourth-order valence-corrected chi connectivity index (χ4v) is 3.37. The smallest absolute Gasteiger partial charge is 0.203 e. The van der Waals surface area contributed by atoms with Crippen LogP contribution in [0.15, 0.2) is 30.3 Å². The van der Waals surface area contributed by atoms with Crippen LogP contribution in [0.4, 0.5) is 13.2 Å². The molecular weight excluding hydrogens is 267 g/mol. The number of nitrogens with zero attached hydrogens (tertiary/aromatic N) is 1. The maximum absolute atomic E-state index is 12.5. The first kappa shape index (κ1) is 13.4. The Kier molecular flexibility index (Phi) is 3.37. The quantitative estimate of drug-likeness (QED) is 0.834. The van der Waals surface area contributed by atoms with Gasteiger partial charge in [0.1, 0.15) is 0 Å². The summed E-state index contributed by atoms with van der Waals surface area (Å²) in [5, 5.41) is 0. The molecular formula is C11H12F3NO2S. The fraction of sp³-hybridized carbons (Fsp3) is 0.455. The van der Waals surface area contributed by atoms with E-state index in [1.165, 1.54) is 0 Å². The molecule has 1 heterocycles. The van der Waals surface area contributed by atoms with Crippen LogP contribution in [-0.2, 0) is 10.0 Å². The summed E-state index contributed by atoms with van der Waals surface area (Å²) < 4.78 is 61.1. The van der Waals surface area contributed by atoms with Crippen molar-refractivity contribution in [2.45, 2.75) is 24.4 Å². The highest BCUT2D eigenvalue weighted by molar-refractivity contribution is 7.90. The van der Waals surface area contributed by atoms with Crippen molar-refractivity contribution in [3.63, 3.8) is 0 Å². The Morgan fingerprint density at radius 2 is 1.78 bits per heavy atom. The van der Waals surface area contributed by atoms with Crippen LogP contribution in [0, 0.1) is 0 Å². The summed E-state index contributed by atoms with van der Waals surface area (Å²) in [4.78, 5) is 0. The lowest BCUT2D eigenvalue weighted by molar-refractivity contribution is -0.0493. The highest BCUT2D eigenvalue weighted by Crippen LogP contribution is 2.39. The number of alkyl halides is 3. The summed E-state index contributed by atoms with van der Waals surface area (Å²) in [6, 6.07) is 7.70. The predicted octanol–water partition coefficient (Wildman–Crippen LogP) is 2.67. The van der Waals surface area contributed by atoms with E-state index in [1.807, 2.05) is 0 Å². The van der Waals surface area contributed by atoms with Crippen LogP contribution in [0.5, 0.6) is 0 Å². The lowest BCUT2D eigenvalue weighted by Gasteiger charge is -2.25. The molecule has 0 unspecified atom stereocenters. The minimum absolute atomic E-state index is 0.0819. The molecule has 7 heteroatoms. The number of benzene rings is 1. The minimum atomic E-state index is -5.24. The number of hydrogen-bond acceptors (Lipinski definition) is 2. The second kappa shape index (κ2) is 4.55. The lowest BCUT2D eigenvalue weighted by atomic mass is 10.1. The molecule has 3 nitrogen and oxygen atoms in total. The summed E-state index contributed by atoms with van der Waals surface area (Å²) >= 11 is 0. The molecule has 18 heavy (non-hydrogen) atoms. The average Bonchev–Trinajstić information content (AvgIpc) is 2.78. The summed E-state index contributed by atoms with van der Waals surface area (Å²) in [5.41, 5.74) is -4.63. The molecule has 0 amide bonds. The molecule has 1 saturated heterocycles. The van der Waals surface area contributed by atoms with Crippen LogP contribution in [0.2, 0.25) is 0 Å². The Morgan fingerprint density at radius 3 is 2.33 bits per heavy atom. The van der Waals surface area contributed by atoms with E-state index in [2.05, 4.69) is 0 Å². The molecule has 0 aliphatic carbocycles. The van der Waals surface area contributed by atoms with Crippen molar-refractivity contribution < 1.29 is 21.6 Å². The van der Waals surface area contributed by atoms with Gasteiger partial charge in [0.25, 0.3) is 0 Å². The van der Waals surface area contributed by atoms with E-state index in [1.54, 1.807) is 30.3 Å². The summed E-state index contributed by atoms with van der Waals surface area (Å²) in [7, 11) is -5.24. The molecule has 1 fully saturated rings. The van der Waals surface area contributed by atoms with Gasteiger partial charge in [0.05, 0.1) is 6.04 Å². The van der Waals surface area contributed by atoms with Gasteiger partial charge in [0.2, 0.25) is 0 Å². The first-order chi connectivity index (χ1) is 8.34. The molecule has 0 N–H and O–H groups in total. The Bertz CT molecular complexity index is 513. The number of hydrogen-bond donors (Lipinski definition) is 0. The van der Waals surface area contributed by atoms with E-state index in [0.717, 1.165) is 0 Å². The van der Waals surface area contributed by atoms with Crippen LogP contribution in [0.3, 0.4) is 0 Å². The van der Waals surface area contributed by atoms with Gasteiger partial charge >= 0.3 is 15.5 Å². The van der Waals surface area contributed by atoms with Crippen LogP contribution >= 0.6 is 0 Å². The van der Waals surface area contributed by atoms with E-state index in [0.29, 0.717) is 22.7 Å². The third kappa shape index (κ3) is 2.24. The zero-order valence-corrected chi connectivity index (χ0v) is 10.2. The van der Waals surface area contributed by atoms with Gasteiger partial charge in [-0.1, -0.05) is 30.3 Å². The highest BCUT2D eigenvalue weighted by Gasteiger charge is 2.53. The van der Waals surface area contributed by atoms with E-state index in [4.69, 9.17) is 0 Å². The Morgan fingerprint density at radius 1 is 1.17 bits per heavy atom. The van der Waals surface area contributed by atoms with Crippen molar-refractivity contribution in [1.82, 2.24) is 4.31 Å². The van der Waals surface area contributed by atoms with Crippen molar-refractivity contribution in [3.8, 4) is 0 Å². The van der Waals surface area contributed by atoms with Crippen molar-refractivity contribution in [2.24, 2.45) is 0 Å². The van der Waals surface area contributed by atoms with Gasteiger partial charge in [-0.3, -0.25) is 0 Å². The average molecular weight is 279 g/mol. The van der Waals surface area contributed by atoms with Crippen molar-refractivity contribution in [1.29, 1.82) is 0 Å². The van der Waals surface area contributed by atoms with Gasteiger partial charge in [-0.25, -0.2) is 8.42 Å². The maximum Gasteiger partial charge on any atom is 0.511 e. The molecule has 0 aromatic heterocycles. The van der Waals surface area contributed by atoms with Crippen molar-refractivity contribution in [3.05, 3.63) is 35.9 Å². The molecule has 1 aliphatic rings. The van der Waals surface area contributed by atoms with E-state index in [9.17, 15) is 21.6 Å². The Balaban J connectivity index is 2.35. The lowest BCUT2D eigenvalue weighted by Crippen LogP contribution is -2.40. The van der Waals surface area contributed by atoms with Gasteiger partial charge in [0, 0.05) is 6.54 Å². The van der Waals surface area contributed by atoms with Gasteiger partial charge in [-0.2, -0.15) is 17.5 Å². The number of halogens is 3. The van der Waals surface area contributed by atoms with Gasteiger partial charge in [0.15, 0.2) is 0 Å². The van der Waals surface area contributed by atoms with E-state index < -0.39 is 21.6 Å². The number of rotatable bonds is 2. The zero-order chi connectivity index (χ0) is 13.4. The van der Waals surface area contributed by atoms with Crippen LogP contribution in [0.1, 0.15) is 24.4 Å². The standard InChI is InChI=1S/C11H12F3NO2S/c12-11(13,14)18(16,17)15-8-4-7-10(15)9-5-2-1-3-6-9/h1-3,5-6,10H,4,7-8H2/t10-/m0/s1. The molecule has 1 aromatic carbocycles. The Hall–Kier alpha value is -1.08. The van der Waals surface area contributed by atoms with Crippen LogP contribution in [0.25, 0.3) is 0 Å². The molecule has 0 radical (unpaired) electrons. The third-order valence-corrected chi connectivity index (χ3v) is 4.63. The molecule has 1 atom stereocenters. The largest absolute Gasteiger partial charge is 0.511 e. The van der Waals surface area contributed by atoms with Crippen LogP contribution in [-0.4, -0.2) is 24.8 Å². The van der Waals surface area contributed by atoms with Gasteiger partial charge in [-0.15, -0.1) is 0 Å². The zero-order valence-electron chi connectivity index (χ0n) is 9.39. The maximum atomic E-state index is 12.5. The third-order valence-electron chi connectivity index (χ3n) is 2.99. The highest BCUT2D eigenvalue weighted by atomic mass is 32.2.